The van der Waals surface area contributed by atoms with E-state index in [1.54, 1.807) is 66.9 Å². The number of aliphatic hydroxyl groups is 1. The summed E-state index contributed by atoms with van der Waals surface area (Å²) in [7, 11) is 0. The van der Waals surface area contributed by atoms with Crippen molar-refractivity contribution in [2.75, 3.05) is 0 Å². The van der Waals surface area contributed by atoms with Gasteiger partial charge in [0.2, 0.25) is 5.12 Å². The number of fused-ring (bicyclic) bond motifs is 1. The minimum atomic E-state index is -1.24. The molecule has 5 rings (SSSR count). The lowest BCUT2D eigenvalue weighted by Gasteiger charge is -2.17. The highest BCUT2D eigenvalue weighted by Crippen LogP contribution is 2.44. The van der Waals surface area contributed by atoms with Gasteiger partial charge in [0.15, 0.2) is 0 Å². The lowest BCUT2D eigenvalue weighted by molar-refractivity contribution is -0.141. The van der Waals surface area contributed by atoms with Gasteiger partial charge < -0.3 is 20.5 Å². The van der Waals surface area contributed by atoms with Crippen LogP contribution in [-0.2, 0) is 20.8 Å². The number of aliphatic hydroxyl groups excluding tert-OH is 1. The summed E-state index contributed by atoms with van der Waals surface area (Å²) in [5.74, 6) is -2.20. The molecule has 0 radical (unpaired) electrons. The van der Waals surface area contributed by atoms with Crippen LogP contribution in [0.3, 0.4) is 0 Å². The fraction of sp³-hybridized carbons (Fsp3) is 0.0690. The van der Waals surface area contributed by atoms with E-state index >= 15 is 0 Å². The maximum absolute atomic E-state index is 13.6. The van der Waals surface area contributed by atoms with Crippen molar-refractivity contribution in [2.24, 2.45) is 0 Å². The quantitative estimate of drug-likeness (QED) is 0.262. The van der Waals surface area contributed by atoms with Crippen molar-refractivity contribution in [2.45, 2.75) is 12.5 Å². The minimum Gasteiger partial charge on any atom is -0.506 e. The monoisotopic (exact) mass is 510 g/mol. The molecule has 0 saturated carbocycles. The van der Waals surface area contributed by atoms with Crippen LogP contribution in [0.1, 0.15) is 16.7 Å². The smallest absolute Gasteiger partial charge is 0.326 e. The highest BCUT2D eigenvalue weighted by molar-refractivity contribution is 8.19. The van der Waals surface area contributed by atoms with Gasteiger partial charge in [-0.2, -0.15) is 0 Å². The van der Waals surface area contributed by atoms with Crippen LogP contribution in [0.2, 0.25) is 0 Å². The Morgan fingerprint density at radius 2 is 1.57 bits per heavy atom. The summed E-state index contributed by atoms with van der Waals surface area (Å²) in [6.45, 7) is 0. The number of thioether (sulfide) groups is 1. The predicted octanol–water partition coefficient (Wildman–Crippen LogP) is 4.93. The normalized spacial score (nSPS) is 15.6. The van der Waals surface area contributed by atoms with E-state index in [2.05, 4.69) is 10.3 Å². The second kappa shape index (κ2) is 10.2. The topological polar surface area (TPSA) is 119 Å². The summed E-state index contributed by atoms with van der Waals surface area (Å²) in [6.07, 6.45) is 1.78. The van der Waals surface area contributed by atoms with Gasteiger partial charge in [0, 0.05) is 23.5 Å². The SMILES string of the molecule is O=C1S/C(=C(/C(=O)NC(Cc2c[nH]c3ccccc23)C(=O)O)c2ccccc2)C(O)=C1c1ccccc1. The Labute approximate surface area is 216 Å². The van der Waals surface area contributed by atoms with Gasteiger partial charge in [-0.25, -0.2) is 4.79 Å². The second-order valence-electron chi connectivity index (χ2n) is 8.48. The van der Waals surface area contributed by atoms with E-state index in [9.17, 15) is 24.6 Å². The Morgan fingerprint density at radius 3 is 2.27 bits per heavy atom. The van der Waals surface area contributed by atoms with Crippen molar-refractivity contribution in [3.8, 4) is 0 Å². The number of hydrogen-bond acceptors (Lipinski definition) is 5. The first-order valence-corrected chi connectivity index (χ1v) is 12.3. The molecule has 1 aliphatic heterocycles. The number of nitrogens with one attached hydrogen (secondary N) is 2. The summed E-state index contributed by atoms with van der Waals surface area (Å²) in [4.78, 5) is 41.9. The zero-order valence-electron chi connectivity index (χ0n) is 19.5. The lowest BCUT2D eigenvalue weighted by Crippen LogP contribution is -2.42. The van der Waals surface area contributed by atoms with E-state index < -0.39 is 23.0 Å². The summed E-state index contributed by atoms with van der Waals surface area (Å²) < 4.78 is 0. The van der Waals surface area contributed by atoms with Crippen LogP contribution in [0.4, 0.5) is 0 Å². The zero-order valence-corrected chi connectivity index (χ0v) is 20.3. The first-order chi connectivity index (χ1) is 17.9. The molecule has 184 valence electrons. The van der Waals surface area contributed by atoms with Crippen molar-refractivity contribution in [1.82, 2.24) is 10.3 Å². The summed E-state index contributed by atoms with van der Waals surface area (Å²) in [5, 5.41) is 24.1. The molecule has 1 aliphatic rings. The van der Waals surface area contributed by atoms with Crippen LogP contribution < -0.4 is 5.32 Å². The molecule has 1 unspecified atom stereocenters. The molecule has 1 aromatic heterocycles. The Balaban J connectivity index is 1.54. The van der Waals surface area contributed by atoms with Gasteiger partial charge in [0.25, 0.3) is 5.91 Å². The van der Waals surface area contributed by atoms with Gasteiger partial charge in [-0.05, 0) is 34.5 Å². The Hall–Kier alpha value is -4.56. The molecule has 37 heavy (non-hydrogen) atoms. The van der Waals surface area contributed by atoms with Crippen LogP contribution in [0, 0.1) is 0 Å². The number of aromatic amines is 1. The number of carbonyl (C=O) groups excluding carboxylic acids is 2. The fourth-order valence-corrected chi connectivity index (χ4v) is 5.37. The van der Waals surface area contributed by atoms with E-state index in [1.165, 1.54) is 0 Å². The van der Waals surface area contributed by atoms with Crippen LogP contribution in [0.15, 0.2) is 102 Å². The molecule has 0 aliphatic carbocycles. The van der Waals surface area contributed by atoms with E-state index in [4.69, 9.17) is 0 Å². The van der Waals surface area contributed by atoms with Crippen molar-refractivity contribution in [3.05, 3.63) is 118 Å². The number of aliphatic carboxylic acids is 1. The second-order valence-corrected chi connectivity index (χ2v) is 9.46. The van der Waals surface area contributed by atoms with Crippen LogP contribution in [0.25, 0.3) is 22.0 Å². The van der Waals surface area contributed by atoms with E-state index in [0.717, 1.165) is 28.2 Å². The minimum absolute atomic E-state index is 0.0348. The average molecular weight is 511 g/mol. The molecule has 3 aromatic carbocycles. The van der Waals surface area contributed by atoms with Gasteiger partial charge in [-0.1, -0.05) is 78.9 Å². The molecule has 4 aromatic rings. The number of carbonyl (C=O) groups is 3. The molecular weight excluding hydrogens is 488 g/mol. The maximum atomic E-state index is 13.6. The Bertz CT molecular complexity index is 1570. The third kappa shape index (κ3) is 4.79. The average Bonchev–Trinajstić information content (AvgIpc) is 3.44. The van der Waals surface area contributed by atoms with Gasteiger partial charge in [0.1, 0.15) is 11.8 Å². The number of carboxylic acids is 1. The van der Waals surface area contributed by atoms with Crippen LogP contribution in [-0.4, -0.2) is 38.2 Å². The standard InChI is InChI=1S/C29H22N2O5S/c32-25-23(17-9-3-1-4-10-17)29(36)37-26(25)24(18-11-5-2-6-12-18)27(33)31-22(28(34)35)15-19-16-30-21-14-8-7-13-20(19)21/h1-14,16,22,30,32H,15H2,(H,31,33)(H,34,35)/b26-24+. The maximum Gasteiger partial charge on any atom is 0.326 e. The number of benzene rings is 3. The molecule has 8 heteroatoms. The Kier molecular flexibility index (Phi) is 6.66. The number of aromatic nitrogens is 1. The van der Waals surface area contributed by atoms with Crippen LogP contribution >= 0.6 is 11.8 Å². The van der Waals surface area contributed by atoms with E-state index in [0.29, 0.717) is 11.1 Å². The number of H-pyrrole nitrogens is 1. The first kappa shape index (κ1) is 24.1. The molecule has 0 saturated heterocycles. The number of amides is 1. The van der Waals surface area contributed by atoms with Crippen molar-refractivity contribution >= 4 is 50.8 Å². The molecule has 4 N–H and O–H groups in total. The van der Waals surface area contributed by atoms with E-state index in [-0.39, 0.29) is 28.2 Å². The largest absolute Gasteiger partial charge is 0.506 e. The molecule has 0 spiro atoms. The fourth-order valence-electron chi connectivity index (χ4n) is 4.35. The van der Waals surface area contributed by atoms with Gasteiger partial charge in [0.05, 0.1) is 16.1 Å². The molecule has 1 amide bonds. The summed E-state index contributed by atoms with van der Waals surface area (Å²) in [6, 6.07) is 23.6. The lowest BCUT2D eigenvalue weighted by atomic mass is 9.99. The van der Waals surface area contributed by atoms with E-state index in [1.807, 2.05) is 24.3 Å². The van der Waals surface area contributed by atoms with Crippen molar-refractivity contribution < 1.29 is 24.6 Å². The molecule has 0 fully saturated rings. The molecule has 7 nitrogen and oxygen atoms in total. The number of hydrogen-bond donors (Lipinski definition) is 4. The zero-order chi connectivity index (χ0) is 25.9. The first-order valence-electron chi connectivity index (χ1n) is 11.5. The van der Waals surface area contributed by atoms with Gasteiger partial charge in [-0.3, -0.25) is 9.59 Å². The van der Waals surface area contributed by atoms with Gasteiger partial charge >= 0.3 is 5.97 Å². The van der Waals surface area contributed by atoms with Crippen LogP contribution in [0.5, 0.6) is 0 Å². The Morgan fingerprint density at radius 1 is 0.919 bits per heavy atom. The van der Waals surface area contributed by atoms with Crippen molar-refractivity contribution in [3.63, 3.8) is 0 Å². The molecule has 2 heterocycles. The van der Waals surface area contributed by atoms with Gasteiger partial charge in [-0.15, -0.1) is 0 Å². The highest BCUT2D eigenvalue weighted by Gasteiger charge is 2.35. The predicted molar refractivity (Wildman–Crippen MR) is 144 cm³/mol. The molecule has 1 atom stereocenters. The molecular formula is C29H22N2O5S. The number of carboxylic acid groups (broad SMARTS) is 1. The molecule has 0 bridgehead atoms. The highest BCUT2D eigenvalue weighted by atomic mass is 32.2. The van der Waals surface area contributed by atoms with Crippen molar-refractivity contribution in [1.29, 1.82) is 0 Å². The summed E-state index contributed by atoms with van der Waals surface area (Å²) >= 11 is 0.754. The summed E-state index contributed by atoms with van der Waals surface area (Å²) in [5.41, 5.74) is 2.74. The number of para-hydroxylation sites is 1. The number of rotatable bonds is 7. The third-order valence-electron chi connectivity index (χ3n) is 6.13. The third-order valence-corrected chi connectivity index (χ3v) is 7.12.